The molecule has 94 valence electrons. The summed E-state index contributed by atoms with van der Waals surface area (Å²) in [6, 6.07) is 9.13. The Morgan fingerprint density at radius 2 is 2.12 bits per heavy atom. The number of rotatable bonds is 4. The smallest absolute Gasteiger partial charge is 0.00201 e. The fourth-order valence-electron chi connectivity index (χ4n) is 2.72. The maximum absolute atomic E-state index is 5.79. The molecule has 1 saturated heterocycles. The molecule has 1 fully saturated rings. The average molecular weight is 232 g/mol. The first-order valence-corrected chi connectivity index (χ1v) is 6.85. The summed E-state index contributed by atoms with van der Waals surface area (Å²) in [6.45, 7) is 5.27. The number of hydrogen-bond acceptors (Lipinski definition) is 2. The van der Waals surface area contributed by atoms with E-state index in [4.69, 9.17) is 5.73 Å². The summed E-state index contributed by atoms with van der Waals surface area (Å²) in [7, 11) is 0. The Labute approximate surface area is 105 Å². The Balaban J connectivity index is 2.06. The first-order chi connectivity index (χ1) is 8.35. The number of benzene rings is 1. The van der Waals surface area contributed by atoms with Gasteiger partial charge in [-0.3, -0.25) is 0 Å². The maximum atomic E-state index is 5.79. The molecule has 1 aromatic rings. The molecule has 0 amide bonds. The summed E-state index contributed by atoms with van der Waals surface area (Å²) < 4.78 is 0. The molecule has 0 aliphatic carbocycles. The largest absolute Gasteiger partial charge is 0.330 e. The zero-order valence-electron chi connectivity index (χ0n) is 10.8. The second kappa shape index (κ2) is 6.18. The van der Waals surface area contributed by atoms with Crippen LogP contribution in [0.25, 0.3) is 0 Å². The summed E-state index contributed by atoms with van der Waals surface area (Å²) in [4.78, 5) is 0. The quantitative estimate of drug-likeness (QED) is 0.837. The molecule has 2 nitrogen and oxygen atoms in total. The van der Waals surface area contributed by atoms with Gasteiger partial charge >= 0.3 is 0 Å². The summed E-state index contributed by atoms with van der Waals surface area (Å²) >= 11 is 0. The highest BCUT2D eigenvalue weighted by atomic mass is 14.9. The Bertz CT molecular complexity index is 321. The number of piperidine rings is 1. The lowest BCUT2D eigenvalue weighted by atomic mass is 9.89. The predicted octanol–water partition coefficient (Wildman–Crippen LogP) is 2.61. The van der Waals surface area contributed by atoms with E-state index in [-0.39, 0.29) is 0 Å². The second-order valence-corrected chi connectivity index (χ2v) is 5.05. The molecule has 1 aliphatic heterocycles. The van der Waals surface area contributed by atoms with E-state index in [1.165, 1.54) is 30.5 Å². The van der Waals surface area contributed by atoms with Gasteiger partial charge in [0.05, 0.1) is 0 Å². The van der Waals surface area contributed by atoms with Crippen molar-refractivity contribution in [2.24, 2.45) is 5.73 Å². The van der Waals surface area contributed by atoms with Crippen molar-refractivity contribution in [3.05, 3.63) is 35.4 Å². The van der Waals surface area contributed by atoms with Crippen molar-refractivity contribution >= 4 is 0 Å². The van der Waals surface area contributed by atoms with Crippen LogP contribution in [-0.2, 0) is 0 Å². The maximum Gasteiger partial charge on any atom is 0.00201 e. The molecular weight excluding hydrogens is 208 g/mol. The monoisotopic (exact) mass is 232 g/mol. The fraction of sp³-hybridized carbons (Fsp3) is 0.600. The molecule has 1 aromatic carbocycles. The Morgan fingerprint density at radius 1 is 1.35 bits per heavy atom. The third kappa shape index (κ3) is 3.08. The van der Waals surface area contributed by atoms with Crippen LogP contribution in [0.2, 0.25) is 0 Å². The minimum absolute atomic E-state index is 0.522. The van der Waals surface area contributed by atoms with Gasteiger partial charge < -0.3 is 11.1 Å². The van der Waals surface area contributed by atoms with Crippen molar-refractivity contribution in [3.8, 4) is 0 Å². The van der Waals surface area contributed by atoms with Crippen molar-refractivity contribution < 1.29 is 0 Å². The van der Waals surface area contributed by atoms with E-state index in [9.17, 15) is 0 Å². The van der Waals surface area contributed by atoms with Crippen LogP contribution in [-0.4, -0.2) is 19.6 Å². The molecular formula is C15H24N2. The standard InChI is InChI=1S/C15H24N2/c1-2-12(10-16)13-5-7-14(8-6-13)15-4-3-9-17-11-15/h5-8,12,15,17H,2-4,9-11,16H2,1H3. The van der Waals surface area contributed by atoms with Crippen LogP contribution in [0.4, 0.5) is 0 Å². The molecule has 0 aromatic heterocycles. The van der Waals surface area contributed by atoms with Crippen molar-refractivity contribution in [1.29, 1.82) is 0 Å². The van der Waals surface area contributed by atoms with Gasteiger partial charge in [-0.2, -0.15) is 0 Å². The zero-order valence-corrected chi connectivity index (χ0v) is 10.8. The average Bonchev–Trinajstić information content (AvgIpc) is 2.42. The second-order valence-electron chi connectivity index (χ2n) is 5.05. The lowest BCUT2D eigenvalue weighted by molar-refractivity contribution is 0.461. The van der Waals surface area contributed by atoms with Crippen molar-refractivity contribution in [1.82, 2.24) is 5.32 Å². The van der Waals surface area contributed by atoms with E-state index >= 15 is 0 Å². The van der Waals surface area contributed by atoms with Crippen LogP contribution in [0.5, 0.6) is 0 Å². The first-order valence-electron chi connectivity index (χ1n) is 6.85. The lowest BCUT2D eigenvalue weighted by Crippen LogP contribution is -2.28. The highest BCUT2D eigenvalue weighted by Gasteiger charge is 2.15. The van der Waals surface area contributed by atoms with Gasteiger partial charge in [-0.25, -0.2) is 0 Å². The normalized spacial score (nSPS) is 22.4. The highest BCUT2D eigenvalue weighted by Crippen LogP contribution is 2.25. The molecule has 0 saturated carbocycles. The summed E-state index contributed by atoms with van der Waals surface area (Å²) in [5, 5.41) is 3.47. The number of nitrogens with two attached hydrogens (primary N) is 1. The van der Waals surface area contributed by atoms with Crippen LogP contribution < -0.4 is 11.1 Å². The van der Waals surface area contributed by atoms with Gasteiger partial charge in [-0.1, -0.05) is 31.2 Å². The van der Waals surface area contributed by atoms with Crippen molar-refractivity contribution in [2.45, 2.75) is 38.0 Å². The van der Waals surface area contributed by atoms with Gasteiger partial charge in [-0.05, 0) is 55.3 Å². The Hall–Kier alpha value is -0.860. The SMILES string of the molecule is CCC(CN)c1ccc(C2CCCNC2)cc1. The van der Waals surface area contributed by atoms with Gasteiger partial charge in [0.15, 0.2) is 0 Å². The van der Waals surface area contributed by atoms with Crippen molar-refractivity contribution in [3.63, 3.8) is 0 Å². The fourth-order valence-corrected chi connectivity index (χ4v) is 2.72. The Kier molecular flexibility index (Phi) is 4.57. The summed E-state index contributed by atoms with van der Waals surface area (Å²) in [5.41, 5.74) is 8.66. The van der Waals surface area contributed by atoms with E-state index in [2.05, 4.69) is 36.5 Å². The molecule has 1 heterocycles. The van der Waals surface area contributed by atoms with Crippen LogP contribution in [0, 0.1) is 0 Å². The van der Waals surface area contributed by atoms with Crippen LogP contribution in [0.15, 0.2) is 24.3 Å². The molecule has 0 bridgehead atoms. The van der Waals surface area contributed by atoms with Gasteiger partial charge in [-0.15, -0.1) is 0 Å². The van der Waals surface area contributed by atoms with E-state index in [0.29, 0.717) is 11.8 Å². The van der Waals surface area contributed by atoms with Crippen LogP contribution >= 0.6 is 0 Å². The van der Waals surface area contributed by atoms with Crippen molar-refractivity contribution in [2.75, 3.05) is 19.6 Å². The van der Waals surface area contributed by atoms with Gasteiger partial charge in [0.1, 0.15) is 0 Å². The van der Waals surface area contributed by atoms with Gasteiger partial charge in [0, 0.05) is 6.54 Å². The zero-order chi connectivity index (χ0) is 12.1. The Morgan fingerprint density at radius 3 is 2.65 bits per heavy atom. The minimum Gasteiger partial charge on any atom is -0.330 e. The topological polar surface area (TPSA) is 38.0 Å². The van der Waals surface area contributed by atoms with E-state index in [1.54, 1.807) is 0 Å². The molecule has 2 unspecified atom stereocenters. The van der Waals surface area contributed by atoms with E-state index < -0.39 is 0 Å². The molecule has 0 radical (unpaired) electrons. The molecule has 1 aliphatic rings. The van der Waals surface area contributed by atoms with Gasteiger partial charge in [0.25, 0.3) is 0 Å². The minimum atomic E-state index is 0.522. The predicted molar refractivity (Wildman–Crippen MR) is 73.4 cm³/mol. The molecule has 17 heavy (non-hydrogen) atoms. The summed E-state index contributed by atoms with van der Waals surface area (Å²) in [5.74, 6) is 1.23. The van der Waals surface area contributed by atoms with E-state index in [0.717, 1.165) is 19.5 Å². The third-order valence-corrected chi connectivity index (χ3v) is 3.95. The van der Waals surface area contributed by atoms with Crippen LogP contribution in [0.3, 0.4) is 0 Å². The molecule has 3 N–H and O–H groups in total. The highest BCUT2D eigenvalue weighted by molar-refractivity contribution is 5.28. The first kappa shape index (κ1) is 12.6. The lowest BCUT2D eigenvalue weighted by Gasteiger charge is -2.23. The summed E-state index contributed by atoms with van der Waals surface area (Å²) in [6.07, 6.45) is 3.74. The number of hydrogen-bond donors (Lipinski definition) is 2. The third-order valence-electron chi connectivity index (χ3n) is 3.95. The molecule has 2 heteroatoms. The van der Waals surface area contributed by atoms with Gasteiger partial charge in [0.2, 0.25) is 0 Å². The molecule has 0 spiro atoms. The number of nitrogens with one attached hydrogen (secondary N) is 1. The van der Waals surface area contributed by atoms with E-state index in [1.807, 2.05) is 0 Å². The molecule has 2 atom stereocenters. The molecule has 2 rings (SSSR count). The van der Waals surface area contributed by atoms with Crippen LogP contribution in [0.1, 0.15) is 49.1 Å².